The Kier molecular flexibility index (Phi) is 3.17. The van der Waals surface area contributed by atoms with E-state index >= 15 is 0 Å². The lowest BCUT2D eigenvalue weighted by Gasteiger charge is -2.04. The molecule has 0 spiro atoms. The zero-order chi connectivity index (χ0) is 15.0. The van der Waals surface area contributed by atoms with Gasteiger partial charge in [0.25, 0.3) is 5.69 Å². The smallest absolute Gasteiger partial charge is 0.269 e. The van der Waals surface area contributed by atoms with E-state index in [-0.39, 0.29) is 17.6 Å². The highest BCUT2D eigenvalue weighted by atomic mass is 16.6. The molecule has 2 aromatic rings. The second-order valence-corrected chi connectivity index (χ2v) is 5.09. The first kappa shape index (κ1) is 13.3. The van der Waals surface area contributed by atoms with E-state index in [1.54, 1.807) is 12.1 Å². The van der Waals surface area contributed by atoms with E-state index in [1.165, 1.54) is 24.3 Å². The van der Waals surface area contributed by atoms with Gasteiger partial charge in [0.1, 0.15) is 11.9 Å². The Hall–Kier alpha value is -2.69. The molecule has 0 bridgehead atoms. The molecule has 106 valence electrons. The average molecular weight is 283 g/mol. The van der Waals surface area contributed by atoms with Crippen molar-refractivity contribution in [2.45, 2.75) is 19.4 Å². The Morgan fingerprint density at radius 1 is 1.19 bits per heavy atom. The molecule has 0 fully saturated rings. The highest BCUT2D eigenvalue weighted by Crippen LogP contribution is 2.30. The van der Waals surface area contributed by atoms with Crippen molar-refractivity contribution in [2.24, 2.45) is 0 Å². The van der Waals surface area contributed by atoms with Gasteiger partial charge in [-0.05, 0) is 42.8 Å². The molecule has 5 nitrogen and oxygen atoms in total. The molecule has 0 radical (unpaired) electrons. The van der Waals surface area contributed by atoms with Crippen LogP contribution in [0.2, 0.25) is 0 Å². The SMILES string of the molecule is CC1Cc2cc(C(=O)c3ccc([N+](=O)[O-])cc3)ccc2O1. The highest BCUT2D eigenvalue weighted by Gasteiger charge is 2.21. The first-order valence-electron chi connectivity index (χ1n) is 6.63. The second kappa shape index (κ2) is 5.01. The Morgan fingerprint density at radius 3 is 2.52 bits per heavy atom. The minimum absolute atomic E-state index is 0.0253. The largest absolute Gasteiger partial charge is 0.490 e. The predicted molar refractivity (Wildman–Crippen MR) is 76.8 cm³/mol. The zero-order valence-corrected chi connectivity index (χ0v) is 11.4. The van der Waals surface area contributed by atoms with Crippen LogP contribution < -0.4 is 4.74 Å². The molecule has 21 heavy (non-hydrogen) atoms. The number of hydrogen-bond donors (Lipinski definition) is 0. The van der Waals surface area contributed by atoms with Gasteiger partial charge in [-0.1, -0.05) is 0 Å². The van der Waals surface area contributed by atoms with Gasteiger partial charge in [0, 0.05) is 29.7 Å². The van der Waals surface area contributed by atoms with Crippen LogP contribution in [-0.2, 0) is 6.42 Å². The van der Waals surface area contributed by atoms with E-state index in [4.69, 9.17) is 4.74 Å². The lowest BCUT2D eigenvalue weighted by atomic mass is 10.00. The van der Waals surface area contributed by atoms with Crippen molar-refractivity contribution in [3.63, 3.8) is 0 Å². The first-order valence-corrected chi connectivity index (χ1v) is 6.63. The molecule has 5 heteroatoms. The van der Waals surface area contributed by atoms with Gasteiger partial charge >= 0.3 is 0 Å². The molecular formula is C16H13NO4. The van der Waals surface area contributed by atoms with Crippen LogP contribution in [0.4, 0.5) is 5.69 Å². The fourth-order valence-corrected chi connectivity index (χ4v) is 2.46. The number of rotatable bonds is 3. The molecule has 1 aliphatic rings. The maximum atomic E-state index is 12.4. The molecule has 1 heterocycles. The second-order valence-electron chi connectivity index (χ2n) is 5.09. The summed E-state index contributed by atoms with van der Waals surface area (Å²) in [5, 5.41) is 10.6. The summed E-state index contributed by atoms with van der Waals surface area (Å²) in [5.41, 5.74) is 2.01. The minimum atomic E-state index is -0.484. The van der Waals surface area contributed by atoms with Crippen LogP contribution in [0.3, 0.4) is 0 Å². The van der Waals surface area contributed by atoms with Crippen molar-refractivity contribution < 1.29 is 14.5 Å². The zero-order valence-electron chi connectivity index (χ0n) is 11.4. The molecule has 0 aliphatic carbocycles. The number of benzene rings is 2. The number of non-ortho nitro benzene ring substituents is 1. The van der Waals surface area contributed by atoms with Gasteiger partial charge in [-0.15, -0.1) is 0 Å². The molecular weight excluding hydrogens is 270 g/mol. The highest BCUT2D eigenvalue weighted by molar-refractivity contribution is 6.09. The average Bonchev–Trinajstić information content (AvgIpc) is 2.85. The number of carbonyl (C=O) groups is 1. The lowest BCUT2D eigenvalue weighted by Crippen LogP contribution is -2.05. The van der Waals surface area contributed by atoms with Crippen LogP contribution in [0.25, 0.3) is 0 Å². The van der Waals surface area contributed by atoms with Crippen molar-refractivity contribution in [1.82, 2.24) is 0 Å². The van der Waals surface area contributed by atoms with Crippen molar-refractivity contribution in [2.75, 3.05) is 0 Å². The summed E-state index contributed by atoms with van der Waals surface area (Å²) < 4.78 is 5.60. The fourth-order valence-electron chi connectivity index (χ4n) is 2.46. The number of nitro groups is 1. The fraction of sp³-hybridized carbons (Fsp3) is 0.188. The quantitative estimate of drug-likeness (QED) is 0.493. The summed E-state index contributed by atoms with van der Waals surface area (Å²) in [5.74, 6) is 0.676. The summed E-state index contributed by atoms with van der Waals surface area (Å²) in [6.45, 7) is 1.98. The van der Waals surface area contributed by atoms with E-state index in [9.17, 15) is 14.9 Å². The van der Waals surface area contributed by atoms with E-state index in [1.807, 2.05) is 13.0 Å². The molecule has 1 aliphatic heterocycles. The summed E-state index contributed by atoms with van der Waals surface area (Å²) >= 11 is 0. The molecule has 0 saturated carbocycles. The molecule has 2 aromatic carbocycles. The molecule has 1 atom stereocenters. The monoisotopic (exact) mass is 283 g/mol. The third kappa shape index (κ3) is 2.50. The van der Waals surface area contributed by atoms with Gasteiger partial charge < -0.3 is 4.74 Å². The number of fused-ring (bicyclic) bond motifs is 1. The van der Waals surface area contributed by atoms with Gasteiger partial charge in [-0.2, -0.15) is 0 Å². The maximum Gasteiger partial charge on any atom is 0.269 e. The van der Waals surface area contributed by atoms with Crippen LogP contribution in [0.1, 0.15) is 28.4 Å². The molecule has 1 unspecified atom stereocenters. The maximum absolute atomic E-state index is 12.4. The number of hydrogen-bond acceptors (Lipinski definition) is 4. The topological polar surface area (TPSA) is 69.4 Å². The summed E-state index contributed by atoms with van der Waals surface area (Å²) in [7, 11) is 0. The van der Waals surface area contributed by atoms with Gasteiger partial charge in [0.2, 0.25) is 0 Å². The molecule has 0 amide bonds. The van der Waals surface area contributed by atoms with Gasteiger partial charge in [-0.3, -0.25) is 14.9 Å². The van der Waals surface area contributed by atoms with Crippen LogP contribution in [0.15, 0.2) is 42.5 Å². The minimum Gasteiger partial charge on any atom is -0.490 e. The van der Waals surface area contributed by atoms with Crippen LogP contribution in [0, 0.1) is 10.1 Å². The summed E-state index contributed by atoms with van der Waals surface area (Å²) in [6, 6.07) is 11.0. The Balaban J connectivity index is 1.89. The first-order chi connectivity index (χ1) is 10.0. The summed E-state index contributed by atoms with van der Waals surface area (Å²) in [6.07, 6.45) is 0.918. The number of ether oxygens (including phenoxy) is 1. The third-order valence-corrected chi connectivity index (χ3v) is 3.50. The third-order valence-electron chi connectivity index (χ3n) is 3.50. The number of nitrogens with zero attached hydrogens (tertiary/aromatic N) is 1. The van der Waals surface area contributed by atoms with Crippen molar-refractivity contribution in [1.29, 1.82) is 0 Å². The molecule has 0 aromatic heterocycles. The normalized spacial score (nSPS) is 16.1. The molecule has 0 N–H and O–H groups in total. The standard InChI is InChI=1S/C16H13NO4/c1-10-8-13-9-12(4-7-15(13)21-10)16(18)11-2-5-14(6-3-11)17(19)20/h2-7,9-10H,8H2,1H3. The number of nitro benzene ring substituents is 1. The van der Waals surface area contributed by atoms with Crippen LogP contribution >= 0.6 is 0 Å². The van der Waals surface area contributed by atoms with Gasteiger partial charge in [0.05, 0.1) is 4.92 Å². The Morgan fingerprint density at radius 2 is 1.86 bits per heavy atom. The van der Waals surface area contributed by atoms with Gasteiger partial charge in [0.15, 0.2) is 5.78 Å². The van der Waals surface area contributed by atoms with Crippen LogP contribution in [0.5, 0.6) is 5.75 Å². The molecule has 3 rings (SSSR count). The summed E-state index contributed by atoms with van der Waals surface area (Å²) in [4.78, 5) is 22.5. The lowest BCUT2D eigenvalue weighted by molar-refractivity contribution is -0.384. The molecule has 0 saturated heterocycles. The van der Waals surface area contributed by atoms with Crippen molar-refractivity contribution in [3.05, 3.63) is 69.3 Å². The van der Waals surface area contributed by atoms with Crippen molar-refractivity contribution >= 4 is 11.5 Å². The Labute approximate surface area is 121 Å². The predicted octanol–water partition coefficient (Wildman–Crippen LogP) is 3.15. The number of carbonyl (C=O) groups excluding carboxylic acids is 1. The van der Waals surface area contributed by atoms with E-state index < -0.39 is 4.92 Å². The Bertz CT molecular complexity index is 722. The number of ketones is 1. The van der Waals surface area contributed by atoms with Gasteiger partial charge in [-0.25, -0.2) is 0 Å². The van der Waals surface area contributed by atoms with E-state index in [0.29, 0.717) is 11.1 Å². The van der Waals surface area contributed by atoms with Crippen LogP contribution in [-0.4, -0.2) is 16.8 Å². The van der Waals surface area contributed by atoms with E-state index in [0.717, 1.165) is 17.7 Å². The van der Waals surface area contributed by atoms with Crippen molar-refractivity contribution in [3.8, 4) is 5.75 Å². The van der Waals surface area contributed by atoms with E-state index in [2.05, 4.69) is 0 Å².